The normalized spacial score (nSPS) is 10.5. The van der Waals surface area contributed by atoms with Gasteiger partial charge in [0.15, 0.2) is 0 Å². The Labute approximate surface area is 97.4 Å². The van der Waals surface area contributed by atoms with Crippen molar-refractivity contribution in [1.82, 2.24) is 5.32 Å². The summed E-state index contributed by atoms with van der Waals surface area (Å²) in [5.74, 6) is 0.983. The van der Waals surface area contributed by atoms with Gasteiger partial charge in [0.05, 0.1) is 13.7 Å². The van der Waals surface area contributed by atoms with E-state index in [4.69, 9.17) is 9.84 Å². The number of aliphatic hydroxyl groups excluding tert-OH is 1. The molecule has 3 heteroatoms. The van der Waals surface area contributed by atoms with Crippen molar-refractivity contribution in [3.05, 3.63) is 28.8 Å². The van der Waals surface area contributed by atoms with Crippen LogP contribution in [0, 0.1) is 13.8 Å². The summed E-state index contributed by atoms with van der Waals surface area (Å²) in [6.07, 6.45) is 0.922. The Morgan fingerprint density at radius 2 is 2.00 bits per heavy atom. The summed E-state index contributed by atoms with van der Waals surface area (Å²) in [5, 5.41) is 11.8. The van der Waals surface area contributed by atoms with Gasteiger partial charge in [0.1, 0.15) is 5.75 Å². The first kappa shape index (κ1) is 13.0. The fourth-order valence-corrected chi connectivity index (χ4v) is 1.95. The number of nitrogens with one attached hydrogen (secondary N) is 1. The summed E-state index contributed by atoms with van der Waals surface area (Å²) in [7, 11) is 1.71. The smallest absolute Gasteiger partial charge is 0.125 e. The molecular formula is C13H21NO2. The molecule has 0 aliphatic carbocycles. The zero-order valence-electron chi connectivity index (χ0n) is 10.3. The first-order chi connectivity index (χ1) is 7.69. The number of methoxy groups -OCH3 is 1. The van der Waals surface area contributed by atoms with Crippen LogP contribution in [0.1, 0.15) is 16.7 Å². The molecule has 16 heavy (non-hydrogen) atoms. The number of aryl methyl sites for hydroxylation is 2. The molecule has 0 aromatic heterocycles. The van der Waals surface area contributed by atoms with Crippen LogP contribution in [0.3, 0.4) is 0 Å². The van der Waals surface area contributed by atoms with Crippen LogP contribution in [0.15, 0.2) is 12.1 Å². The van der Waals surface area contributed by atoms with Gasteiger partial charge < -0.3 is 15.2 Å². The lowest BCUT2D eigenvalue weighted by Gasteiger charge is -2.13. The number of hydrogen-bond donors (Lipinski definition) is 2. The van der Waals surface area contributed by atoms with Crippen LogP contribution in [-0.4, -0.2) is 31.9 Å². The van der Waals surface area contributed by atoms with E-state index in [0.717, 1.165) is 18.7 Å². The molecule has 0 atom stereocenters. The molecule has 0 aliphatic heterocycles. The first-order valence-corrected chi connectivity index (χ1v) is 5.64. The minimum absolute atomic E-state index is 0.185. The van der Waals surface area contributed by atoms with E-state index in [2.05, 4.69) is 31.3 Å². The SMILES string of the molecule is COc1c(C)cc(C)cc1CCNCCO. The highest BCUT2D eigenvalue weighted by atomic mass is 16.5. The van der Waals surface area contributed by atoms with Crippen molar-refractivity contribution in [2.75, 3.05) is 26.8 Å². The number of hydrogen-bond acceptors (Lipinski definition) is 3. The number of aliphatic hydroxyl groups is 1. The lowest BCUT2D eigenvalue weighted by atomic mass is 10.0. The van der Waals surface area contributed by atoms with E-state index in [1.165, 1.54) is 16.7 Å². The summed E-state index contributed by atoms with van der Waals surface area (Å²) in [6, 6.07) is 4.29. The zero-order chi connectivity index (χ0) is 12.0. The quantitative estimate of drug-likeness (QED) is 0.717. The zero-order valence-corrected chi connectivity index (χ0v) is 10.3. The molecule has 0 radical (unpaired) electrons. The molecular weight excluding hydrogens is 202 g/mol. The molecule has 3 nitrogen and oxygen atoms in total. The third-order valence-corrected chi connectivity index (χ3v) is 2.56. The topological polar surface area (TPSA) is 41.5 Å². The summed E-state index contributed by atoms with van der Waals surface area (Å²) < 4.78 is 5.41. The second kappa shape index (κ2) is 6.51. The van der Waals surface area contributed by atoms with Crippen molar-refractivity contribution in [2.24, 2.45) is 0 Å². The Kier molecular flexibility index (Phi) is 5.29. The van der Waals surface area contributed by atoms with Crippen molar-refractivity contribution < 1.29 is 9.84 Å². The number of ether oxygens (including phenoxy) is 1. The van der Waals surface area contributed by atoms with Gasteiger partial charge in [0.25, 0.3) is 0 Å². The Hall–Kier alpha value is -1.06. The Balaban J connectivity index is 2.69. The van der Waals surface area contributed by atoms with Gasteiger partial charge in [-0.2, -0.15) is 0 Å². The molecule has 0 amide bonds. The van der Waals surface area contributed by atoms with Crippen molar-refractivity contribution in [3.63, 3.8) is 0 Å². The van der Waals surface area contributed by atoms with Crippen molar-refractivity contribution >= 4 is 0 Å². The molecule has 0 spiro atoms. The number of rotatable bonds is 6. The molecule has 0 fully saturated rings. The van der Waals surface area contributed by atoms with Crippen LogP contribution < -0.4 is 10.1 Å². The monoisotopic (exact) mass is 223 g/mol. The fraction of sp³-hybridized carbons (Fsp3) is 0.538. The number of benzene rings is 1. The van der Waals surface area contributed by atoms with Crippen molar-refractivity contribution in [2.45, 2.75) is 20.3 Å². The van der Waals surface area contributed by atoms with E-state index in [9.17, 15) is 0 Å². The largest absolute Gasteiger partial charge is 0.496 e. The summed E-state index contributed by atoms with van der Waals surface area (Å²) in [6.45, 7) is 5.85. The van der Waals surface area contributed by atoms with E-state index >= 15 is 0 Å². The Morgan fingerprint density at radius 1 is 1.25 bits per heavy atom. The van der Waals surface area contributed by atoms with Crippen LogP contribution in [0.4, 0.5) is 0 Å². The average Bonchev–Trinajstić information content (AvgIpc) is 2.24. The van der Waals surface area contributed by atoms with Crippen LogP contribution in [-0.2, 0) is 6.42 Å². The maximum Gasteiger partial charge on any atom is 0.125 e. The molecule has 0 aliphatic rings. The highest BCUT2D eigenvalue weighted by Crippen LogP contribution is 2.25. The Bertz CT molecular complexity index is 337. The van der Waals surface area contributed by atoms with Crippen LogP contribution in [0.5, 0.6) is 5.75 Å². The van der Waals surface area contributed by atoms with Crippen molar-refractivity contribution in [3.8, 4) is 5.75 Å². The summed E-state index contributed by atoms with van der Waals surface area (Å²) in [4.78, 5) is 0. The van der Waals surface area contributed by atoms with Crippen LogP contribution in [0.25, 0.3) is 0 Å². The van der Waals surface area contributed by atoms with E-state index in [-0.39, 0.29) is 6.61 Å². The van der Waals surface area contributed by atoms with Gasteiger partial charge in [-0.25, -0.2) is 0 Å². The third-order valence-electron chi connectivity index (χ3n) is 2.56. The highest BCUT2D eigenvalue weighted by Gasteiger charge is 2.06. The van der Waals surface area contributed by atoms with Gasteiger partial charge in [-0.15, -0.1) is 0 Å². The van der Waals surface area contributed by atoms with E-state index in [1.807, 2.05) is 0 Å². The van der Waals surface area contributed by atoms with Gasteiger partial charge in [-0.05, 0) is 37.9 Å². The second-order valence-electron chi connectivity index (χ2n) is 4.00. The van der Waals surface area contributed by atoms with Gasteiger partial charge in [-0.1, -0.05) is 17.7 Å². The minimum atomic E-state index is 0.185. The average molecular weight is 223 g/mol. The second-order valence-corrected chi connectivity index (χ2v) is 4.00. The molecule has 90 valence electrons. The van der Waals surface area contributed by atoms with E-state index in [1.54, 1.807) is 7.11 Å². The molecule has 1 aromatic rings. The molecule has 0 heterocycles. The van der Waals surface area contributed by atoms with Crippen molar-refractivity contribution in [1.29, 1.82) is 0 Å². The molecule has 2 N–H and O–H groups in total. The van der Waals surface area contributed by atoms with Gasteiger partial charge >= 0.3 is 0 Å². The van der Waals surface area contributed by atoms with E-state index < -0.39 is 0 Å². The summed E-state index contributed by atoms with van der Waals surface area (Å²) >= 11 is 0. The highest BCUT2D eigenvalue weighted by molar-refractivity contribution is 5.43. The molecule has 0 saturated heterocycles. The predicted molar refractivity (Wildman–Crippen MR) is 66.1 cm³/mol. The molecule has 0 saturated carbocycles. The third kappa shape index (κ3) is 3.51. The van der Waals surface area contributed by atoms with E-state index in [0.29, 0.717) is 6.54 Å². The maximum absolute atomic E-state index is 8.67. The maximum atomic E-state index is 8.67. The van der Waals surface area contributed by atoms with Gasteiger partial charge in [-0.3, -0.25) is 0 Å². The summed E-state index contributed by atoms with van der Waals surface area (Å²) in [5.41, 5.74) is 3.67. The molecule has 1 aromatic carbocycles. The molecule has 0 unspecified atom stereocenters. The lowest BCUT2D eigenvalue weighted by Crippen LogP contribution is -2.21. The molecule has 0 bridgehead atoms. The Morgan fingerprint density at radius 3 is 2.62 bits per heavy atom. The molecule has 1 rings (SSSR count). The van der Waals surface area contributed by atoms with Gasteiger partial charge in [0, 0.05) is 6.54 Å². The minimum Gasteiger partial charge on any atom is -0.496 e. The van der Waals surface area contributed by atoms with Crippen LogP contribution >= 0.6 is 0 Å². The first-order valence-electron chi connectivity index (χ1n) is 5.64. The van der Waals surface area contributed by atoms with Gasteiger partial charge in [0.2, 0.25) is 0 Å². The standard InChI is InChI=1S/C13H21NO2/c1-10-8-11(2)13(16-3)12(9-10)4-5-14-6-7-15/h8-9,14-15H,4-7H2,1-3H3. The predicted octanol–water partition coefficient (Wildman–Crippen LogP) is 1.44. The fourth-order valence-electron chi connectivity index (χ4n) is 1.95. The lowest BCUT2D eigenvalue weighted by molar-refractivity contribution is 0.292. The van der Waals surface area contributed by atoms with Crippen LogP contribution in [0.2, 0.25) is 0 Å².